The van der Waals surface area contributed by atoms with Gasteiger partial charge in [-0.3, -0.25) is 4.79 Å². The van der Waals surface area contributed by atoms with Gasteiger partial charge in [0, 0.05) is 6.20 Å². The van der Waals surface area contributed by atoms with Gasteiger partial charge in [-0.25, -0.2) is 13.1 Å². The van der Waals surface area contributed by atoms with E-state index in [9.17, 15) is 26.4 Å². The summed E-state index contributed by atoms with van der Waals surface area (Å²) in [5.41, 5.74) is -0.298. The second-order valence-corrected chi connectivity index (χ2v) is 5.07. The summed E-state index contributed by atoms with van der Waals surface area (Å²) >= 11 is 0. The van der Waals surface area contributed by atoms with Crippen LogP contribution in [0.1, 0.15) is 16.9 Å². The Hall–Kier alpha value is -1.71. The minimum Gasteiger partial charge on any atom is -0.266 e. The molecule has 100 valence electrons. The van der Waals surface area contributed by atoms with Gasteiger partial charge in [0.2, 0.25) is 10.0 Å². The van der Waals surface area contributed by atoms with Gasteiger partial charge >= 0.3 is 6.18 Å². The lowest BCUT2D eigenvalue weighted by atomic mass is 10.4. The van der Waals surface area contributed by atoms with Gasteiger partial charge in [0.1, 0.15) is 0 Å². The number of rotatable bonds is 4. The number of hydrogen-bond donors (Lipinski definition) is 1. The predicted molar refractivity (Wildman–Crippen MR) is 54.0 cm³/mol. The Kier molecular flexibility index (Phi) is 4.22. The highest BCUT2D eigenvalue weighted by atomic mass is 32.2. The van der Waals surface area contributed by atoms with Gasteiger partial charge in [-0.2, -0.15) is 18.3 Å². The Labute approximate surface area is 100 Å². The molecule has 0 aromatic carbocycles. The van der Waals surface area contributed by atoms with Crippen LogP contribution >= 0.6 is 0 Å². The summed E-state index contributed by atoms with van der Waals surface area (Å²) in [6, 6.07) is 2.52. The number of aromatic nitrogens is 2. The minimum atomic E-state index is -4.61. The Morgan fingerprint density at radius 1 is 1.39 bits per heavy atom. The van der Waals surface area contributed by atoms with Crippen LogP contribution in [0.25, 0.3) is 0 Å². The molecule has 0 bridgehead atoms. The highest BCUT2D eigenvalue weighted by Gasteiger charge is 2.30. The maximum Gasteiger partial charge on any atom is 0.390 e. The van der Waals surface area contributed by atoms with Crippen molar-refractivity contribution in [1.82, 2.24) is 14.9 Å². The molecule has 0 aliphatic carbocycles. The Bertz CT molecular complexity index is 515. The zero-order valence-corrected chi connectivity index (χ0v) is 9.62. The van der Waals surface area contributed by atoms with Crippen LogP contribution in [-0.2, 0) is 10.0 Å². The van der Waals surface area contributed by atoms with E-state index in [4.69, 9.17) is 0 Å². The number of nitrogens with one attached hydrogen (secondary N) is 1. The van der Waals surface area contributed by atoms with Crippen LogP contribution in [0.2, 0.25) is 0 Å². The van der Waals surface area contributed by atoms with E-state index in [0.29, 0.717) is 0 Å². The Balaban J connectivity index is 2.64. The Morgan fingerprint density at radius 3 is 2.56 bits per heavy atom. The van der Waals surface area contributed by atoms with E-state index >= 15 is 0 Å². The van der Waals surface area contributed by atoms with Crippen molar-refractivity contribution in [3.8, 4) is 0 Å². The molecule has 18 heavy (non-hydrogen) atoms. The van der Waals surface area contributed by atoms with Crippen molar-refractivity contribution in [1.29, 1.82) is 0 Å². The predicted octanol–water partition coefficient (Wildman–Crippen LogP) is 0.489. The van der Waals surface area contributed by atoms with E-state index in [2.05, 4.69) is 10.2 Å². The third-order valence-electron chi connectivity index (χ3n) is 1.71. The molecule has 1 rings (SSSR count). The van der Waals surface area contributed by atoms with E-state index < -0.39 is 34.3 Å². The molecule has 0 atom stereocenters. The van der Waals surface area contributed by atoms with Crippen LogP contribution in [-0.4, -0.2) is 36.5 Å². The van der Waals surface area contributed by atoms with Gasteiger partial charge in [0.25, 0.3) is 5.91 Å². The van der Waals surface area contributed by atoms with E-state index in [0.717, 1.165) is 0 Å². The van der Waals surface area contributed by atoms with Crippen LogP contribution in [0.15, 0.2) is 18.3 Å². The summed E-state index contributed by atoms with van der Waals surface area (Å²) in [6.07, 6.45) is -4.88. The molecule has 0 saturated heterocycles. The molecular weight excluding hydrogens is 275 g/mol. The first-order chi connectivity index (χ1) is 8.20. The van der Waals surface area contributed by atoms with Crippen LogP contribution in [0.3, 0.4) is 0 Å². The first-order valence-corrected chi connectivity index (χ1v) is 6.24. The van der Waals surface area contributed by atoms with Crippen molar-refractivity contribution in [3.63, 3.8) is 0 Å². The molecule has 0 spiro atoms. The molecule has 0 radical (unpaired) electrons. The molecule has 0 aliphatic rings. The molecule has 0 saturated carbocycles. The Morgan fingerprint density at radius 2 is 2.06 bits per heavy atom. The summed E-state index contributed by atoms with van der Waals surface area (Å²) < 4.78 is 59.4. The fourth-order valence-electron chi connectivity index (χ4n) is 0.917. The maximum absolute atomic E-state index is 11.8. The number of hydrogen-bond acceptors (Lipinski definition) is 5. The fraction of sp³-hybridized carbons (Fsp3) is 0.375. The number of carbonyl (C=O) groups is 1. The van der Waals surface area contributed by atoms with Gasteiger partial charge in [-0.05, 0) is 12.1 Å². The standard InChI is InChI=1S/C8H8F3N3O3S/c9-8(10,11)3-5-18(16,17)14-7(15)6-2-1-4-12-13-6/h1-2,4H,3,5H2,(H,14,15). The number of alkyl halides is 3. The van der Waals surface area contributed by atoms with E-state index in [1.807, 2.05) is 0 Å². The van der Waals surface area contributed by atoms with Crippen LogP contribution in [0, 0.1) is 0 Å². The lowest BCUT2D eigenvalue weighted by Gasteiger charge is -2.08. The van der Waals surface area contributed by atoms with E-state index in [1.165, 1.54) is 23.1 Å². The van der Waals surface area contributed by atoms with Crippen LogP contribution < -0.4 is 4.72 Å². The molecule has 0 fully saturated rings. The second-order valence-electron chi connectivity index (χ2n) is 3.22. The fourth-order valence-corrected chi connectivity index (χ4v) is 1.91. The third-order valence-corrected chi connectivity index (χ3v) is 2.95. The molecule has 6 nitrogen and oxygen atoms in total. The second kappa shape index (κ2) is 5.29. The van der Waals surface area contributed by atoms with Crippen molar-refractivity contribution in [2.24, 2.45) is 0 Å². The molecule has 0 aliphatic heterocycles. The highest BCUT2D eigenvalue weighted by molar-refractivity contribution is 7.90. The molecule has 10 heteroatoms. The van der Waals surface area contributed by atoms with Gasteiger partial charge in [0.05, 0.1) is 12.2 Å². The summed E-state index contributed by atoms with van der Waals surface area (Å²) in [5, 5.41) is 6.66. The summed E-state index contributed by atoms with van der Waals surface area (Å²) in [5.74, 6) is -2.34. The molecule has 0 unspecified atom stereocenters. The molecule has 1 aromatic rings. The largest absolute Gasteiger partial charge is 0.390 e. The smallest absolute Gasteiger partial charge is 0.266 e. The van der Waals surface area contributed by atoms with Crippen molar-refractivity contribution < 1.29 is 26.4 Å². The molecule has 1 N–H and O–H groups in total. The highest BCUT2D eigenvalue weighted by Crippen LogP contribution is 2.19. The molecule has 1 aromatic heterocycles. The average Bonchev–Trinajstić information content (AvgIpc) is 2.26. The van der Waals surface area contributed by atoms with Crippen LogP contribution in [0.4, 0.5) is 13.2 Å². The topological polar surface area (TPSA) is 89.0 Å². The number of sulfonamides is 1. The van der Waals surface area contributed by atoms with Gasteiger partial charge in [-0.15, -0.1) is 5.10 Å². The normalized spacial score (nSPS) is 12.2. The van der Waals surface area contributed by atoms with Crippen molar-refractivity contribution >= 4 is 15.9 Å². The van der Waals surface area contributed by atoms with Crippen molar-refractivity contribution in [2.45, 2.75) is 12.6 Å². The SMILES string of the molecule is O=C(NS(=O)(=O)CCC(F)(F)F)c1cccnn1. The van der Waals surface area contributed by atoms with Crippen molar-refractivity contribution in [2.75, 3.05) is 5.75 Å². The quantitative estimate of drug-likeness (QED) is 0.868. The van der Waals surface area contributed by atoms with Gasteiger partial charge in [0.15, 0.2) is 5.69 Å². The summed E-state index contributed by atoms with van der Waals surface area (Å²) in [4.78, 5) is 11.3. The number of amides is 1. The molecule has 1 amide bonds. The van der Waals surface area contributed by atoms with E-state index in [1.54, 1.807) is 0 Å². The summed E-state index contributed by atoms with van der Waals surface area (Å²) in [6.45, 7) is 0. The lowest BCUT2D eigenvalue weighted by molar-refractivity contribution is -0.130. The molecular formula is C8H8F3N3O3S. The number of carbonyl (C=O) groups excluding carboxylic acids is 1. The zero-order chi connectivity index (χ0) is 13.8. The lowest BCUT2D eigenvalue weighted by Crippen LogP contribution is -2.34. The summed E-state index contributed by atoms with van der Waals surface area (Å²) in [7, 11) is -4.35. The van der Waals surface area contributed by atoms with Gasteiger partial charge in [-0.1, -0.05) is 0 Å². The van der Waals surface area contributed by atoms with Crippen molar-refractivity contribution in [3.05, 3.63) is 24.0 Å². The molecule has 1 heterocycles. The van der Waals surface area contributed by atoms with Gasteiger partial charge < -0.3 is 0 Å². The number of nitrogens with zero attached hydrogens (tertiary/aromatic N) is 2. The monoisotopic (exact) mass is 283 g/mol. The van der Waals surface area contributed by atoms with E-state index in [-0.39, 0.29) is 5.69 Å². The average molecular weight is 283 g/mol. The maximum atomic E-state index is 11.8. The zero-order valence-electron chi connectivity index (χ0n) is 8.81. The minimum absolute atomic E-state index is 0.298. The first kappa shape index (κ1) is 14.4. The third kappa shape index (κ3) is 5.08. The first-order valence-electron chi connectivity index (χ1n) is 4.59. The number of halogens is 3. The van der Waals surface area contributed by atoms with Crippen LogP contribution in [0.5, 0.6) is 0 Å².